The van der Waals surface area contributed by atoms with E-state index in [9.17, 15) is 9.59 Å². The van der Waals surface area contributed by atoms with Crippen molar-refractivity contribution in [1.82, 2.24) is 9.88 Å². The molecule has 4 rings (SSSR count). The number of primary amides is 1. The number of carbonyl (C=O) groups is 2. The van der Waals surface area contributed by atoms with E-state index < -0.39 is 11.5 Å². The van der Waals surface area contributed by atoms with E-state index in [4.69, 9.17) is 10.5 Å². The lowest BCUT2D eigenvalue weighted by Gasteiger charge is -2.36. The molecule has 2 amide bonds. The Balaban J connectivity index is 1.46. The van der Waals surface area contributed by atoms with E-state index in [1.807, 2.05) is 39.0 Å². The second-order valence-electron chi connectivity index (χ2n) is 9.25. The first-order valence-electron chi connectivity index (χ1n) is 11.1. The van der Waals surface area contributed by atoms with Crippen LogP contribution < -0.4 is 16.0 Å². The minimum atomic E-state index is -0.483. The highest BCUT2D eigenvalue weighted by atomic mass is 16.6. The van der Waals surface area contributed by atoms with Crippen LogP contribution >= 0.6 is 0 Å². The smallest absolute Gasteiger partial charge is 0.410 e. The maximum Gasteiger partial charge on any atom is 0.410 e. The molecule has 0 saturated carbocycles. The van der Waals surface area contributed by atoms with Crippen molar-refractivity contribution < 1.29 is 14.3 Å². The van der Waals surface area contributed by atoms with Crippen molar-refractivity contribution >= 4 is 34.4 Å². The summed E-state index contributed by atoms with van der Waals surface area (Å²) in [4.78, 5) is 31.4. The number of aromatic nitrogens is 1. The summed E-state index contributed by atoms with van der Waals surface area (Å²) in [5.41, 5.74) is 9.65. The van der Waals surface area contributed by atoms with Crippen molar-refractivity contribution in [2.45, 2.75) is 26.4 Å². The van der Waals surface area contributed by atoms with Crippen LogP contribution in [0.3, 0.4) is 0 Å². The zero-order valence-electron chi connectivity index (χ0n) is 19.6. The molecule has 1 aromatic heterocycles. The zero-order chi connectivity index (χ0) is 23.8. The number of nitrogens with one attached hydrogen (secondary N) is 2. The Kier molecular flexibility index (Phi) is 5.93. The summed E-state index contributed by atoms with van der Waals surface area (Å²) < 4.78 is 5.48. The van der Waals surface area contributed by atoms with E-state index in [2.05, 4.69) is 39.5 Å². The highest BCUT2D eigenvalue weighted by Gasteiger charge is 2.26. The van der Waals surface area contributed by atoms with Crippen molar-refractivity contribution in [1.29, 1.82) is 0 Å². The Morgan fingerprint density at radius 1 is 1.00 bits per heavy atom. The molecule has 1 aliphatic heterocycles. The maximum absolute atomic E-state index is 12.3. The number of piperazine rings is 1. The Morgan fingerprint density at radius 3 is 2.21 bits per heavy atom. The molecule has 0 atom stereocenters. The molecule has 1 aliphatic rings. The van der Waals surface area contributed by atoms with Crippen LogP contribution in [0.5, 0.6) is 0 Å². The largest absolute Gasteiger partial charge is 0.444 e. The van der Waals surface area contributed by atoms with Gasteiger partial charge in [-0.05, 0) is 50.1 Å². The van der Waals surface area contributed by atoms with Crippen molar-refractivity contribution in [3.05, 3.63) is 48.0 Å². The molecule has 0 spiro atoms. The molecule has 1 fully saturated rings. The molecule has 33 heavy (non-hydrogen) atoms. The van der Waals surface area contributed by atoms with Gasteiger partial charge in [-0.2, -0.15) is 0 Å². The number of nitrogens with zero attached hydrogens (tertiary/aromatic N) is 2. The number of ether oxygens (including phenoxy) is 1. The van der Waals surface area contributed by atoms with Gasteiger partial charge in [-0.15, -0.1) is 0 Å². The molecule has 0 unspecified atom stereocenters. The molecule has 4 N–H and O–H groups in total. The number of nitrogens with two attached hydrogens (primary N) is 1. The van der Waals surface area contributed by atoms with Crippen LogP contribution in [0.1, 0.15) is 31.1 Å². The average Bonchev–Trinajstić information content (AvgIpc) is 3.16. The highest BCUT2D eigenvalue weighted by molar-refractivity contribution is 6.11. The average molecular weight is 450 g/mol. The van der Waals surface area contributed by atoms with Crippen LogP contribution in [0.2, 0.25) is 0 Å². The number of carbonyl (C=O) groups excluding carboxylic acids is 2. The number of hydrogen-bond donors (Lipinski definition) is 3. The molecular weight excluding hydrogens is 418 g/mol. The summed E-state index contributed by atoms with van der Waals surface area (Å²) in [5, 5.41) is 3.80. The van der Waals surface area contributed by atoms with Gasteiger partial charge in [0.2, 0.25) is 0 Å². The first-order valence-corrected chi connectivity index (χ1v) is 11.1. The summed E-state index contributed by atoms with van der Waals surface area (Å²) >= 11 is 0. The van der Waals surface area contributed by atoms with E-state index >= 15 is 0 Å². The van der Waals surface area contributed by atoms with Gasteiger partial charge in [0, 0.05) is 49.8 Å². The maximum atomic E-state index is 12.3. The Hall–Kier alpha value is -3.68. The first-order chi connectivity index (χ1) is 15.7. The molecule has 0 radical (unpaired) electrons. The van der Waals surface area contributed by atoms with Gasteiger partial charge in [0.05, 0.1) is 5.56 Å². The highest BCUT2D eigenvalue weighted by Crippen LogP contribution is 2.31. The van der Waals surface area contributed by atoms with E-state index in [1.165, 1.54) is 0 Å². The van der Waals surface area contributed by atoms with Gasteiger partial charge in [0.25, 0.3) is 5.91 Å². The number of hydrogen-bond acceptors (Lipinski definition) is 5. The minimum Gasteiger partial charge on any atom is -0.444 e. The molecule has 2 heterocycles. The molecule has 0 aliphatic carbocycles. The quantitative estimate of drug-likeness (QED) is 0.558. The van der Waals surface area contributed by atoms with Gasteiger partial charge in [-0.25, -0.2) is 4.79 Å². The number of amides is 2. The third-order valence-corrected chi connectivity index (χ3v) is 5.79. The van der Waals surface area contributed by atoms with Crippen LogP contribution in [-0.4, -0.2) is 60.7 Å². The minimum absolute atomic E-state index is 0.252. The number of H-pyrrole nitrogens is 1. The van der Waals surface area contributed by atoms with Crippen LogP contribution in [0.25, 0.3) is 22.0 Å². The molecule has 174 valence electrons. The summed E-state index contributed by atoms with van der Waals surface area (Å²) in [6.45, 7) is 8.43. The van der Waals surface area contributed by atoms with E-state index in [0.29, 0.717) is 24.5 Å². The van der Waals surface area contributed by atoms with Crippen LogP contribution in [0.4, 0.5) is 16.3 Å². The lowest BCUT2D eigenvalue weighted by Crippen LogP contribution is -2.50. The summed E-state index contributed by atoms with van der Waals surface area (Å²) in [7, 11) is 1.75. The van der Waals surface area contributed by atoms with Crippen LogP contribution in [0.15, 0.2) is 42.5 Å². The number of fused-ring (bicyclic) bond motifs is 1. The molecule has 3 aromatic rings. The molecule has 0 bridgehead atoms. The summed E-state index contributed by atoms with van der Waals surface area (Å²) in [6, 6.07) is 14.3. The van der Waals surface area contributed by atoms with Crippen molar-refractivity contribution in [2.24, 2.45) is 5.73 Å². The Morgan fingerprint density at radius 2 is 1.64 bits per heavy atom. The number of anilines is 2. The Bertz CT molecular complexity index is 1170. The van der Waals surface area contributed by atoms with Gasteiger partial charge in [-0.1, -0.05) is 24.3 Å². The number of benzene rings is 2. The molecule has 1 saturated heterocycles. The topological polar surface area (TPSA) is 104 Å². The molecule has 8 heteroatoms. The second-order valence-corrected chi connectivity index (χ2v) is 9.25. The van der Waals surface area contributed by atoms with E-state index in [-0.39, 0.29) is 6.09 Å². The molecular formula is C25H31N5O3. The predicted octanol–water partition coefficient (Wildman–Crippen LogP) is 4.03. The van der Waals surface area contributed by atoms with Gasteiger partial charge in [0.1, 0.15) is 11.4 Å². The standard InChI is InChI=1S/C25H31N5O3/c1-25(2,3)33-24(32)30-13-11-29(12-14-30)18-8-5-16(6-9-18)17-7-10-19-20(15-17)28-23(27-4)21(19)22(26)31/h5-10,15,27-28H,11-14H2,1-4H3,(H2,26,31). The summed E-state index contributed by atoms with van der Waals surface area (Å²) in [6.07, 6.45) is -0.252. The van der Waals surface area contributed by atoms with Gasteiger partial charge < -0.3 is 30.6 Å². The van der Waals surface area contributed by atoms with E-state index in [1.54, 1.807) is 11.9 Å². The normalized spacial score (nSPS) is 14.4. The SMILES string of the molecule is CNc1[nH]c2cc(-c3ccc(N4CCN(C(=O)OC(C)(C)C)CC4)cc3)ccc2c1C(N)=O. The second kappa shape index (κ2) is 8.69. The van der Waals surface area contributed by atoms with Crippen molar-refractivity contribution in [2.75, 3.05) is 43.4 Å². The number of rotatable bonds is 4. The van der Waals surface area contributed by atoms with Crippen LogP contribution in [-0.2, 0) is 4.74 Å². The fourth-order valence-corrected chi connectivity index (χ4v) is 4.16. The molecule has 2 aromatic carbocycles. The predicted molar refractivity (Wildman–Crippen MR) is 132 cm³/mol. The number of aromatic amines is 1. The van der Waals surface area contributed by atoms with Gasteiger partial charge in [0.15, 0.2) is 0 Å². The lowest BCUT2D eigenvalue weighted by atomic mass is 10.0. The van der Waals surface area contributed by atoms with Crippen LogP contribution in [0, 0.1) is 0 Å². The van der Waals surface area contributed by atoms with E-state index in [0.717, 1.165) is 40.8 Å². The monoisotopic (exact) mass is 449 g/mol. The van der Waals surface area contributed by atoms with Gasteiger partial charge in [-0.3, -0.25) is 4.79 Å². The fraction of sp³-hybridized carbons (Fsp3) is 0.360. The van der Waals surface area contributed by atoms with Crippen molar-refractivity contribution in [3.8, 4) is 11.1 Å². The Labute approximate surface area is 193 Å². The third-order valence-electron chi connectivity index (χ3n) is 5.79. The lowest BCUT2D eigenvalue weighted by molar-refractivity contribution is 0.0240. The first kappa shape index (κ1) is 22.5. The summed E-state index contributed by atoms with van der Waals surface area (Å²) in [5.74, 6) is 0.157. The third kappa shape index (κ3) is 4.74. The zero-order valence-corrected chi connectivity index (χ0v) is 19.6. The van der Waals surface area contributed by atoms with Crippen molar-refractivity contribution in [3.63, 3.8) is 0 Å². The fourth-order valence-electron chi connectivity index (χ4n) is 4.16. The van der Waals surface area contributed by atoms with Gasteiger partial charge >= 0.3 is 6.09 Å². The molecule has 8 nitrogen and oxygen atoms in total.